The lowest BCUT2D eigenvalue weighted by Gasteiger charge is -2.27. The van der Waals surface area contributed by atoms with Gasteiger partial charge < -0.3 is 14.2 Å². The Labute approximate surface area is 154 Å². The summed E-state index contributed by atoms with van der Waals surface area (Å²) in [6.07, 6.45) is 2.62. The average Bonchev–Trinajstić information content (AvgIpc) is 2.60. The molecule has 0 heterocycles. The number of methoxy groups -OCH3 is 3. The molecule has 1 aromatic carbocycles. The lowest BCUT2D eigenvalue weighted by Crippen LogP contribution is -2.43. The summed E-state index contributed by atoms with van der Waals surface area (Å²) in [4.78, 5) is 36.1. The van der Waals surface area contributed by atoms with Crippen LogP contribution in [0.25, 0.3) is 0 Å². The summed E-state index contributed by atoms with van der Waals surface area (Å²) in [5.74, 6) is -2.01. The molecule has 1 aromatic rings. The number of allylic oxidation sites excluding steroid dienone is 1. The molecule has 0 saturated heterocycles. The second kappa shape index (κ2) is 9.41. The van der Waals surface area contributed by atoms with E-state index in [9.17, 15) is 14.4 Å². The summed E-state index contributed by atoms with van der Waals surface area (Å²) in [6.45, 7) is 0. The zero-order chi connectivity index (χ0) is 18.2. The van der Waals surface area contributed by atoms with Gasteiger partial charge in [-0.1, -0.05) is 24.3 Å². The normalized spacial score (nSPS) is 11.2. The summed E-state index contributed by atoms with van der Waals surface area (Å²) in [5.41, 5.74) is -0.768. The SMILES string of the molecule is COC(=O)/C=C/CC(Cc1ccccc1I)(C(=O)OC)C(=O)OC. The molecule has 0 aliphatic heterocycles. The Bertz CT molecular complexity index is 622. The van der Waals surface area contributed by atoms with E-state index in [4.69, 9.17) is 9.47 Å². The summed E-state index contributed by atoms with van der Waals surface area (Å²) < 4.78 is 15.1. The molecular weight excluding hydrogens is 427 g/mol. The zero-order valence-corrected chi connectivity index (χ0v) is 15.9. The molecule has 0 radical (unpaired) electrons. The Morgan fingerprint density at radius 2 is 1.62 bits per heavy atom. The van der Waals surface area contributed by atoms with Crippen molar-refractivity contribution in [3.63, 3.8) is 0 Å². The van der Waals surface area contributed by atoms with E-state index in [1.807, 2.05) is 24.3 Å². The molecule has 1 rings (SSSR count). The summed E-state index contributed by atoms with van der Waals surface area (Å²) in [7, 11) is 3.66. The molecule has 130 valence electrons. The number of esters is 3. The van der Waals surface area contributed by atoms with Crippen LogP contribution in [0, 0.1) is 8.99 Å². The number of carbonyl (C=O) groups excluding carboxylic acids is 3. The van der Waals surface area contributed by atoms with Crippen LogP contribution in [0.2, 0.25) is 0 Å². The molecule has 0 aliphatic rings. The van der Waals surface area contributed by atoms with Crippen LogP contribution in [0.1, 0.15) is 12.0 Å². The second-order valence-corrected chi connectivity index (χ2v) is 6.13. The van der Waals surface area contributed by atoms with Crippen LogP contribution in [0.5, 0.6) is 0 Å². The predicted octanol–water partition coefficient (Wildman–Crippen LogP) is 2.29. The maximum atomic E-state index is 12.4. The van der Waals surface area contributed by atoms with E-state index >= 15 is 0 Å². The van der Waals surface area contributed by atoms with Gasteiger partial charge in [0.15, 0.2) is 5.41 Å². The lowest BCUT2D eigenvalue weighted by molar-refractivity contribution is -0.169. The molecular formula is C17H19IO6. The van der Waals surface area contributed by atoms with E-state index in [1.54, 1.807) is 0 Å². The Morgan fingerprint density at radius 1 is 1.04 bits per heavy atom. The topological polar surface area (TPSA) is 78.9 Å². The van der Waals surface area contributed by atoms with Crippen molar-refractivity contribution in [3.05, 3.63) is 45.6 Å². The Balaban J connectivity index is 3.28. The van der Waals surface area contributed by atoms with Crippen LogP contribution in [0.3, 0.4) is 0 Å². The minimum Gasteiger partial charge on any atom is -0.468 e. The molecule has 0 bridgehead atoms. The third-order valence-electron chi connectivity index (χ3n) is 3.52. The minimum atomic E-state index is -1.57. The highest BCUT2D eigenvalue weighted by molar-refractivity contribution is 14.1. The fourth-order valence-corrected chi connectivity index (χ4v) is 2.83. The molecule has 0 fully saturated rings. The molecule has 0 N–H and O–H groups in total. The van der Waals surface area contributed by atoms with E-state index < -0.39 is 23.3 Å². The molecule has 0 spiro atoms. The first-order valence-electron chi connectivity index (χ1n) is 7.06. The van der Waals surface area contributed by atoms with E-state index in [0.717, 1.165) is 15.2 Å². The molecule has 0 amide bonds. The van der Waals surface area contributed by atoms with Crippen molar-refractivity contribution in [2.75, 3.05) is 21.3 Å². The van der Waals surface area contributed by atoms with Gasteiger partial charge in [0.05, 0.1) is 21.3 Å². The highest BCUT2D eigenvalue weighted by Gasteiger charge is 2.47. The van der Waals surface area contributed by atoms with Crippen molar-refractivity contribution in [3.8, 4) is 0 Å². The number of carbonyl (C=O) groups is 3. The van der Waals surface area contributed by atoms with Crippen LogP contribution in [0.4, 0.5) is 0 Å². The van der Waals surface area contributed by atoms with Gasteiger partial charge in [0.1, 0.15) is 0 Å². The largest absolute Gasteiger partial charge is 0.468 e. The fraction of sp³-hybridized carbons (Fsp3) is 0.353. The lowest BCUT2D eigenvalue weighted by atomic mass is 9.78. The highest BCUT2D eigenvalue weighted by atomic mass is 127. The number of rotatable bonds is 7. The third-order valence-corrected chi connectivity index (χ3v) is 4.58. The highest BCUT2D eigenvalue weighted by Crippen LogP contribution is 2.33. The summed E-state index contributed by atoms with van der Waals surface area (Å²) in [5, 5.41) is 0. The molecule has 6 nitrogen and oxygen atoms in total. The molecule has 0 saturated carbocycles. The third kappa shape index (κ3) is 4.80. The molecule has 0 aliphatic carbocycles. The van der Waals surface area contributed by atoms with E-state index in [0.29, 0.717) is 0 Å². The van der Waals surface area contributed by atoms with Gasteiger partial charge in [0, 0.05) is 16.1 Å². The molecule has 0 atom stereocenters. The minimum absolute atomic E-state index is 0.0492. The average molecular weight is 446 g/mol. The van der Waals surface area contributed by atoms with Crippen LogP contribution >= 0.6 is 22.6 Å². The predicted molar refractivity (Wildman–Crippen MR) is 95.1 cm³/mol. The van der Waals surface area contributed by atoms with Crippen molar-refractivity contribution in [1.82, 2.24) is 0 Å². The quantitative estimate of drug-likeness (QED) is 0.210. The van der Waals surface area contributed by atoms with Gasteiger partial charge in [-0.25, -0.2) is 4.79 Å². The smallest absolute Gasteiger partial charge is 0.330 e. The van der Waals surface area contributed by atoms with Gasteiger partial charge in [0.2, 0.25) is 0 Å². The Hall–Kier alpha value is -1.90. The number of hydrogen-bond acceptors (Lipinski definition) is 6. The van der Waals surface area contributed by atoms with Gasteiger partial charge in [-0.3, -0.25) is 9.59 Å². The Morgan fingerprint density at radius 3 is 2.12 bits per heavy atom. The number of halogens is 1. The number of benzene rings is 1. The molecule has 0 aromatic heterocycles. The van der Waals surface area contributed by atoms with Crippen LogP contribution in [0.15, 0.2) is 36.4 Å². The van der Waals surface area contributed by atoms with E-state index in [-0.39, 0.29) is 12.8 Å². The zero-order valence-electron chi connectivity index (χ0n) is 13.7. The van der Waals surface area contributed by atoms with Gasteiger partial charge in [-0.15, -0.1) is 0 Å². The maximum absolute atomic E-state index is 12.4. The van der Waals surface area contributed by atoms with Crippen LogP contribution < -0.4 is 0 Å². The van der Waals surface area contributed by atoms with Crippen LogP contribution in [-0.2, 0) is 35.0 Å². The summed E-state index contributed by atoms with van der Waals surface area (Å²) in [6, 6.07) is 7.38. The van der Waals surface area contributed by atoms with Crippen LogP contribution in [-0.4, -0.2) is 39.2 Å². The van der Waals surface area contributed by atoms with Gasteiger partial charge >= 0.3 is 17.9 Å². The summed E-state index contributed by atoms with van der Waals surface area (Å²) >= 11 is 2.13. The second-order valence-electron chi connectivity index (χ2n) is 4.96. The number of hydrogen-bond donors (Lipinski definition) is 0. The maximum Gasteiger partial charge on any atom is 0.330 e. The fourth-order valence-electron chi connectivity index (χ4n) is 2.25. The van der Waals surface area contributed by atoms with Gasteiger partial charge in [-0.05, 0) is 40.6 Å². The van der Waals surface area contributed by atoms with Gasteiger partial charge in [0.25, 0.3) is 0 Å². The first-order chi connectivity index (χ1) is 11.4. The first-order valence-corrected chi connectivity index (χ1v) is 8.14. The molecule has 7 heteroatoms. The monoisotopic (exact) mass is 446 g/mol. The first kappa shape index (κ1) is 20.1. The van der Waals surface area contributed by atoms with Crippen molar-refractivity contribution in [1.29, 1.82) is 0 Å². The van der Waals surface area contributed by atoms with E-state index in [1.165, 1.54) is 27.4 Å². The standard InChI is InChI=1S/C17H19IO6/c1-22-14(19)9-6-10-17(15(20)23-2,16(21)24-3)11-12-7-4-5-8-13(12)18/h4-9H,10-11H2,1-3H3/b9-6+. The van der Waals surface area contributed by atoms with Crippen molar-refractivity contribution in [2.24, 2.45) is 5.41 Å². The van der Waals surface area contributed by atoms with Crippen molar-refractivity contribution >= 4 is 40.5 Å². The van der Waals surface area contributed by atoms with Crippen molar-refractivity contribution in [2.45, 2.75) is 12.8 Å². The molecule has 24 heavy (non-hydrogen) atoms. The van der Waals surface area contributed by atoms with Gasteiger partial charge in [-0.2, -0.15) is 0 Å². The van der Waals surface area contributed by atoms with Crippen molar-refractivity contribution < 1.29 is 28.6 Å². The molecule has 0 unspecified atom stereocenters. The number of ether oxygens (including phenoxy) is 3. The Kier molecular flexibility index (Phi) is 7.90. The van der Waals surface area contributed by atoms with E-state index in [2.05, 4.69) is 27.3 Å².